The highest BCUT2D eigenvalue weighted by atomic mass is 32.2. The molecule has 0 fully saturated rings. The first-order chi connectivity index (χ1) is 24.1. The minimum Gasteiger partial charge on any atom is -0.616 e. The molecule has 0 aliphatic carbocycles. The molecular formula is C40H56NO7PS. The molecule has 0 saturated carbocycles. The molecule has 2 N–H and O–H groups in total. The lowest BCUT2D eigenvalue weighted by Gasteiger charge is -2.21. The quantitative estimate of drug-likeness (QED) is 0.0409. The van der Waals surface area contributed by atoms with Crippen molar-refractivity contribution in [3.05, 3.63) is 95.6 Å². The molecule has 0 saturated heterocycles. The molecule has 3 aromatic rings. The van der Waals surface area contributed by atoms with E-state index >= 15 is 0 Å². The van der Waals surface area contributed by atoms with Gasteiger partial charge in [0, 0.05) is 13.5 Å². The summed E-state index contributed by atoms with van der Waals surface area (Å²) in [5, 5.41) is 0. The van der Waals surface area contributed by atoms with Crippen molar-refractivity contribution in [3.8, 4) is 11.5 Å². The SMILES string of the molecule is CCCCC[S+]([O-])CCCCCCCCCN(CCOc1ccc(/C(=C(\CC)c2ccccc2)c2ccc(OP(=O)(O)O)cc2)cc1)C(C)=O. The van der Waals surface area contributed by atoms with E-state index in [1.807, 2.05) is 47.4 Å². The Balaban J connectivity index is 1.51. The molecular weight excluding hydrogens is 669 g/mol. The van der Waals surface area contributed by atoms with Crippen molar-refractivity contribution in [2.45, 2.75) is 91.4 Å². The second kappa shape index (κ2) is 22.7. The van der Waals surface area contributed by atoms with Crippen LogP contribution >= 0.6 is 7.82 Å². The standard InChI is InChI=1S/C40H56NO7PS/c1-4-6-16-31-50(46)32-17-11-9-7-8-10-15-28-41(33(3)42)29-30-47-37-24-20-35(21-25-37)40(39(5-2)34-18-13-12-14-19-34)36-22-26-38(27-23-36)48-49(43,44)45/h12-14,18-27H,4-11,15-17,28-32H2,1-3H3,(H2,43,44,45)/b40-39-. The van der Waals surface area contributed by atoms with Crippen LogP contribution in [0.2, 0.25) is 0 Å². The van der Waals surface area contributed by atoms with Gasteiger partial charge >= 0.3 is 7.82 Å². The normalized spacial score (nSPS) is 12.7. The smallest absolute Gasteiger partial charge is 0.524 e. The number of carbonyl (C=O) groups is 1. The van der Waals surface area contributed by atoms with Gasteiger partial charge in [-0.15, -0.1) is 0 Å². The van der Waals surface area contributed by atoms with E-state index in [4.69, 9.17) is 9.26 Å². The van der Waals surface area contributed by atoms with Gasteiger partial charge in [0.2, 0.25) is 5.91 Å². The molecule has 1 amide bonds. The minimum atomic E-state index is -4.66. The molecule has 0 aliphatic rings. The topological polar surface area (TPSA) is 119 Å². The summed E-state index contributed by atoms with van der Waals surface area (Å²) in [6.07, 6.45) is 12.0. The first-order valence-electron chi connectivity index (χ1n) is 18.1. The summed E-state index contributed by atoms with van der Waals surface area (Å²) in [4.78, 5) is 32.6. The van der Waals surface area contributed by atoms with Crippen molar-refractivity contribution in [1.29, 1.82) is 0 Å². The second-order valence-corrected chi connectivity index (χ2v) is 15.4. The van der Waals surface area contributed by atoms with Crippen LogP contribution in [0.4, 0.5) is 0 Å². The lowest BCUT2D eigenvalue weighted by atomic mass is 9.88. The van der Waals surface area contributed by atoms with Crippen LogP contribution in [0.5, 0.6) is 11.5 Å². The van der Waals surface area contributed by atoms with Crippen molar-refractivity contribution in [3.63, 3.8) is 0 Å². The summed E-state index contributed by atoms with van der Waals surface area (Å²) in [5.74, 6) is 2.55. The average Bonchev–Trinajstić information content (AvgIpc) is 3.09. The number of benzene rings is 3. The summed E-state index contributed by atoms with van der Waals surface area (Å²) in [6.45, 7) is 7.53. The largest absolute Gasteiger partial charge is 0.616 e. The molecule has 8 nitrogen and oxygen atoms in total. The fourth-order valence-electron chi connectivity index (χ4n) is 5.98. The van der Waals surface area contributed by atoms with Gasteiger partial charge in [-0.2, -0.15) is 0 Å². The van der Waals surface area contributed by atoms with E-state index in [0.29, 0.717) is 18.9 Å². The third-order valence-corrected chi connectivity index (χ3v) is 10.6. The maximum atomic E-state index is 12.3. The van der Waals surface area contributed by atoms with Crippen LogP contribution in [-0.2, 0) is 20.5 Å². The van der Waals surface area contributed by atoms with Crippen molar-refractivity contribution >= 4 is 36.1 Å². The Hall–Kier alpha value is -3.07. The second-order valence-electron chi connectivity index (χ2n) is 12.6. The van der Waals surface area contributed by atoms with Gasteiger partial charge in [0.15, 0.2) is 0 Å². The molecule has 0 aromatic heterocycles. The van der Waals surface area contributed by atoms with Crippen LogP contribution in [-0.4, -0.2) is 56.3 Å². The first-order valence-corrected chi connectivity index (χ1v) is 21.1. The monoisotopic (exact) mass is 725 g/mol. The average molecular weight is 726 g/mol. The third kappa shape index (κ3) is 15.4. The molecule has 50 heavy (non-hydrogen) atoms. The van der Waals surface area contributed by atoms with Crippen LogP contribution < -0.4 is 9.26 Å². The molecule has 0 aliphatic heterocycles. The maximum Gasteiger partial charge on any atom is 0.524 e. The first kappa shape index (κ1) is 41.4. The number of ether oxygens (including phenoxy) is 1. The molecule has 3 aromatic carbocycles. The molecule has 10 heteroatoms. The van der Waals surface area contributed by atoms with Gasteiger partial charge in [0.25, 0.3) is 0 Å². The molecule has 1 unspecified atom stereocenters. The summed E-state index contributed by atoms with van der Waals surface area (Å²) in [6, 6.07) is 24.8. The highest BCUT2D eigenvalue weighted by Gasteiger charge is 2.18. The van der Waals surface area contributed by atoms with E-state index in [2.05, 4.69) is 26.0 Å². The number of phosphoric acid groups is 1. The van der Waals surface area contributed by atoms with Gasteiger partial charge in [-0.25, -0.2) is 4.57 Å². The maximum absolute atomic E-state index is 12.3. The van der Waals surface area contributed by atoms with Crippen LogP contribution in [0.15, 0.2) is 78.9 Å². The van der Waals surface area contributed by atoms with Gasteiger partial charge in [0.05, 0.1) is 6.54 Å². The van der Waals surface area contributed by atoms with Crippen molar-refractivity contribution < 1.29 is 33.0 Å². The van der Waals surface area contributed by atoms with Crippen LogP contribution in [0.25, 0.3) is 11.1 Å². The number of hydrogen-bond donors (Lipinski definition) is 2. The van der Waals surface area contributed by atoms with Crippen LogP contribution in [0.1, 0.15) is 108 Å². The lowest BCUT2D eigenvalue weighted by molar-refractivity contribution is -0.129. The lowest BCUT2D eigenvalue weighted by Crippen LogP contribution is -2.33. The van der Waals surface area contributed by atoms with E-state index < -0.39 is 19.0 Å². The van der Waals surface area contributed by atoms with Gasteiger partial charge in [-0.1, -0.05) is 112 Å². The highest BCUT2D eigenvalue weighted by Crippen LogP contribution is 2.39. The number of rotatable bonds is 24. The predicted octanol–water partition coefficient (Wildman–Crippen LogP) is 9.42. The van der Waals surface area contributed by atoms with Gasteiger partial charge in [-0.05, 0) is 90.6 Å². The number of allylic oxidation sites excluding steroid dienone is 1. The molecule has 1 atom stereocenters. The van der Waals surface area contributed by atoms with Crippen molar-refractivity contribution in [2.75, 3.05) is 31.2 Å². The zero-order valence-corrected chi connectivity index (χ0v) is 31.8. The van der Waals surface area contributed by atoms with Crippen LogP contribution in [0.3, 0.4) is 0 Å². The summed E-state index contributed by atoms with van der Waals surface area (Å²) in [5.41, 5.74) is 5.09. The zero-order valence-electron chi connectivity index (χ0n) is 30.1. The fraction of sp³-hybridized carbons (Fsp3) is 0.475. The van der Waals surface area contributed by atoms with E-state index in [-0.39, 0.29) is 11.7 Å². The zero-order chi connectivity index (χ0) is 36.2. The van der Waals surface area contributed by atoms with Crippen molar-refractivity contribution in [1.82, 2.24) is 4.90 Å². The molecule has 274 valence electrons. The molecule has 3 rings (SSSR count). The van der Waals surface area contributed by atoms with E-state index in [1.54, 1.807) is 31.2 Å². The van der Waals surface area contributed by atoms with E-state index in [9.17, 15) is 23.7 Å². The fourth-order valence-corrected chi connectivity index (χ4v) is 7.64. The minimum absolute atomic E-state index is 0.0517. The van der Waals surface area contributed by atoms with E-state index in [0.717, 1.165) is 90.8 Å². The number of unbranched alkanes of at least 4 members (excludes halogenated alkanes) is 8. The summed E-state index contributed by atoms with van der Waals surface area (Å²) < 4.78 is 34.2. The molecule has 0 radical (unpaired) electrons. The van der Waals surface area contributed by atoms with Crippen LogP contribution in [0, 0.1) is 0 Å². The number of nitrogens with zero attached hydrogens (tertiary/aromatic N) is 1. The Morgan fingerprint density at radius 1 is 0.720 bits per heavy atom. The molecule has 0 bridgehead atoms. The Labute approximate surface area is 302 Å². The van der Waals surface area contributed by atoms with Gasteiger partial charge in [0.1, 0.15) is 29.6 Å². The Morgan fingerprint density at radius 2 is 1.26 bits per heavy atom. The highest BCUT2D eigenvalue weighted by molar-refractivity contribution is 7.91. The summed E-state index contributed by atoms with van der Waals surface area (Å²) in [7, 11) is -4.66. The van der Waals surface area contributed by atoms with E-state index in [1.165, 1.54) is 25.7 Å². The Kier molecular flexibility index (Phi) is 18.8. The number of amides is 1. The Bertz CT molecular complexity index is 1480. The molecule has 0 spiro atoms. The Morgan fingerprint density at radius 3 is 1.80 bits per heavy atom. The number of hydrogen-bond acceptors (Lipinski definition) is 5. The molecule has 0 heterocycles. The number of phosphoric ester groups is 1. The van der Waals surface area contributed by atoms with Crippen molar-refractivity contribution in [2.24, 2.45) is 0 Å². The summed E-state index contributed by atoms with van der Waals surface area (Å²) >= 11 is -0.651. The van der Waals surface area contributed by atoms with Gasteiger partial charge < -0.3 is 18.7 Å². The third-order valence-electron chi connectivity index (χ3n) is 8.64. The van der Waals surface area contributed by atoms with Gasteiger partial charge in [-0.3, -0.25) is 14.6 Å². The number of carbonyl (C=O) groups excluding carboxylic acids is 1. The predicted molar refractivity (Wildman–Crippen MR) is 206 cm³/mol.